The van der Waals surface area contributed by atoms with E-state index in [0.29, 0.717) is 11.8 Å². The Morgan fingerprint density at radius 1 is 1.54 bits per heavy atom. The van der Waals surface area contributed by atoms with Crippen LogP contribution < -0.4 is 5.32 Å². The monoisotopic (exact) mass is 190 g/mol. The highest BCUT2D eigenvalue weighted by Gasteiger charge is 2.15. The molecule has 0 spiro atoms. The number of nitrogens with one attached hydrogen (secondary N) is 1. The van der Waals surface area contributed by atoms with Gasteiger partial charge in [0, 0.05) is 12.6 Å². The van der Waals surface area contributed by atoms with Crippen molar-refractivity contribution in [3.63, 3.8) is 0 Å². The second kappa shape index (κ2) is 6.76. The van der Waals surface area contributed by atoms with Crippen molar-refractivity contribution in [1.29, 1.82) is 0 Å². The minimum atomic E-state index is 0.0551. The fraction of sp³-hybridized carbons (Fsp3) is 1.00. The van der Waals surface area contributed by atoms with Gasteiger partial charge in [-0.3, -0.25) is 5.21 Å². The molecule has 0 atom stereocenters. The molecule has 0 aliphatic heterocycles. The van der Waals surface area contributed by atoms with Crippen LogP contribution in [0.25, 0.3) is 0 Å². The lowest BCUT2D eigenvalue weighted by Crippen LogP contribution is -2.42. The largest absolute Gasteiger partial charge is 0.320 e. The van der Waals surface area contributed by atoms with Gasteiger partial charge in [0.05, 0.1) is 5.29 Å². The van der Waals surface area contributed by atoms with E-state index >= 15 is 0 Å². The summed E-state index contributed by atoms with van der Waals surface area (Å²) in [6.07, 6.45) is 0.848. The summed E-state index contributed by atoms with van der Waals surface area (Å²) in [5, 5.41) is 16.3. The number of nitroso groups, excluding NO2 is 1. The number of nitrogens with zero attached hydrogens (tertiary/aromatic N) is 3. The molecule has 2 N–H and O–H groups in total. The van der Waals surface area contributed by atoms with E-state index in [0.717, 1.165) is 13.0 Å². The van der Waals surface area contributed by atoms with E-state index in [2.05, 4.69) is 10.6 Å². The highest BCUT2D eigenvalue weighted by atomic mass is 16.6. The van der Waals surface area contributed by atoms with Crippen LogP contribution >= 0.6 is 0 Å². The van der Waals surface area contributed by atoms with E-state index in [1.807, 2.05) is 20.9 Å². The average molecular weight is 190 g/mol. The van der Waals surface area contributed by atoms with Gasteiger partial charge in [-0.15, -0.1) is 4.91 Å². The first-order valence-corrected chi connectivity index (χ1v) is 4.37. The van der Waals surface area contributed by atoms with E-state index in [1.165, 1.54) is 5.01 Å². The van der Waals surface area contributed by atoms with Gasteiger partial charge in [-0.1, -0.05) is 5.28 Å². The maximum Gasteiger partial charge on any atom is 0.0962 e. The molecule has 0 aromatic rings. The fourth-order valence-electron chi connectivity index (χ4n) is 1.02. The first kappa shape index (κ1) is 12.3. The molecule has 0 aromatic heterocycles. The summed E-state index contributed by atoms with van der Waals surface area (Å²) in [5.41, 5.74) is 0. The molecule has 6 heteroatoms. The van der Waals surface area contributed by atoms with Crippen molar-refractivity contribution in [3.8, 4) is 0 Å². The van der Waals surface area contributed by atoms with Gasteiger partial charge in [0.1, 0.15) is 0 Å². The highest BCUT2D eigenvalue weighted by Crippen LogP contribution is 2.02. The number of hydrazine groups is 1. The van der Waals surface area contributed by atoms with Crippen molar-refractivity contribution in [3.05, 3.63) is 4.91 Å². The third kappa shape index (κ3) is 4.76. The predicted molar refractivity (Wildman–Crippen MR) is 49.8 cm³/mol. The molecular formula is C7H18N4O2. The van der Waals surface area contributed by atoms with Crippen LogP contribution in [-0.2, 0) is 0 Å². The third-order valence-electron chi connectivity index (χ3n) is 1.71. The second-order valence-corrected chi connectivity index (χ2v) is 3.06. The molecule has 0 aromatic carbocycles. The van der Waals surface area contributed by atoms with Crippen LogP contribution in [0.2, 0.25) is 0 Å². The molecule has 0 aliphatic carbocycles. The lowest BCUT2D eigenvalue weighted by molar-refractivity contribution is -0.260. The first-order valence-electron chi connectivity index (χ1n) is 4.37. The summed E-state index contributed by atoms with van der Waals surface area (Å²) in [5.74, 6) is 0. The average Bonchev–Trinajstić information content (AvgIpc) is 2.11. The summed E-state index contributed by atoms with van der Waals surface area (Å²) in [6, 6.07) is 0.0551. The third-order valence-corrected chi connectivity index (χ3v) is 1.71. The Labute approximate surface area is 78.4 Å². The Balaban J connectivity index is 3.87. The Morgan fingerprint density at radius 2 is 2.15 bits per heavy atom. The Bertz CT molecular complexity index is 142. The normalized spacial score (nSPS) is 10.9. The molecule has 0 rings (SSSR count). The van der Waals surface area contributed by atoms with Gasteiger partial charge in [0.25, 0.3) is 0 Å². The number of rotatable bonds is 7. The molecule has 0 saturated heterocycles. The zero-order valence-corrected chi connectivity index (χ0v) is 8.40. The smallest absolute Gasteiger partial charge is 0.0962 e. The van der Waals surface area contributed by atoms with Crippen molar-refractivity contribution in [1.82, 2.24) is 15.6 Å². The Kier molecular flexibility index (Phi) is 6.38. The van der Waals surface area contributed by atoms with Crippen molar-refractivity contribution in [2.45, 2.75) is 26.3 Å². The highest BCUT2D eigenvalue weighted by molar-refractivity contribution is 4.56. The molecule has 0 radical (unpaired) electrons. The van der Waals surface area contributed by atoms with Crippen molar-refractivity contribution >= 4 is 0 Å². The fourth-order valence-corrected chi connectivity index (χ4v) is 1.02. The van der Waals surface area contributed by atoms with E-state index in [9.17, 15) is 4.91 Å². The van der Waals surface area contributed by atoms with Gasteiger partial charge >= 0.3 is 0 Å². The van der Waals surface area contributed by atoms with Gasteiger partial charge in [-0.2, -0.15) is 5.01 Å². The van der Waals surface area contributed by atoms with Crippen molar-refractivity contribution in [2.75, 3.05) is 20.1 Å². The van der Waals surface area contributed by atoms with Crippen LogP contribution in [-0.4, -0.2) is 41.7 Å². The molecule has 0 bridgehead atoms. The van der Waals surface area contributed by atoms with E-state index in [1.54, 1.807) is 0 Å². The van der Waals surface area contributed by atoms with Crippen LogP contribution in [0.3, 0.4) is 0 Å². The maximum absolute atomic E-state index is 10.1. The number of hydrogen-bond acceptors (Lipinski definition) is 5. The molecule has 0 fully saturated rings. The Morgan fingerprint density at radius 3 is 2.54 bits per heavy atom. The summed E-state index contributed by atoms with van der Waals surface area (Å²) in [7, 11) is 1.86. The molecular weight excluding hydrogens is 172 g/mol. The molecule has 0 aliphatic rings. The zero-order valence-electron chi connectivity index (χ0n) is 8.40. The van der Waals surface area contributed by atoms with Gasteiger partial charge in [-0.05, 0) is 33.9 Å². The molecule has 6 nitrogen and oxygen atoms in total. The summed E-state index contributed by atoms with van der Waals surface area (Å²) in [4.78, 5) is 10.1. The lowest BCUT2D eigenvalue weighted by atomic mass is 10.3. The summed E-state index contributed by atoms with van der Waals surface area (Å²) in [6.45, 7) is 5.21. The van der Waals surface area contributed by atoms with Gasteiger partial charge in [0.2, 0.25) is 0 Å². The van der Waals surface area contributed by atoms with Gasteiger partial charge < -0.3 is 5.32 Å². The van der Waals surface area contributed by atoms with E-state index in [-0.39, 0.29) is 6.04 Å². The topological polar surface area (TPSA) is 68.2 Å². The molecule has 0 unspecified atom stereocenters. The molecule has 0 amide bonds. The maximum atomic E-state index is 10.1. The van der Waals surface area contributed by atoms with Gasteiger partial charge in [0.15, 0.2) is 0 Å². The number of hydrogen-bond donors (Lipinski definition) is 2. The zero-order chi connectivity index (χ0) is 10.3. The van der Waals surface area contributed by atoms with Crippen LogP contribution in [0, 0.1) is 4.91 Å². The van der Waals surface area contributed by atoms with Crippen LogP contribution in [0.4, 0.5) is 0 Å². The molecule has 13 heavy (non-hydrogen) atoms. The quantitative estimate of drug-likeness (QED) is 0.349. The second-order valence-electron chi connectivity index (χ2n) is 3.06. The summed E-state index contributed by atoms with van der Waals surface area (Å²) < 4.78 is 0. The van der Waals surface area contributed by atoms with Crippen LogP contribution in [0.5, 0.6) is 0 Å². The van der Waals surface area contributed by atoms with Crippen molar-refractivity contribution in [2.24, 2.45) is 5.29 Å². The minimum Gasteiger partial charge on any atom is -0.320 e. The predicted octanol–water partition coefficient (Wildman–Crippen LogP) is 0.594. The van der Waals surface area contributed by atoms with Crippen molar-refractivity contribution < 1.29 is 5.21 Å². The van der Waals surface area contributed by atoms with Crippen LogP contribution in [0.1, 0.15) is 20.3 Å². The van der Waals surface area contributed by atoms with E-state index in [4.69, 9.17) is 5.21 Å². The SMILES string of the molecule is CNCCCN(C(C)C)N(O)N=O. The summed E-state index contributed by atoms with van der Waals surface area (Å²) >= 11 is 0. The minimum absolute atomic E-state index is 0.0551. The standard InChI is InChI=1S/C7H18N4O2/c1-7(2)10(11(13)9-12)6-4-5-8-3/h7-8,13H,4-6H2,1-3H3. The molecule has 0 saturated carbocycles. The van der Waals surface area contributed by atoms with E-state index < -0.39 is 0 Å². The molecule has 78 valence electrons. The first-order chi connectivity index (χ1) is 6.13. The Hall–Kier alpha value is -0.720. The lowest BCUT2D eigenvalue weighted by Gasteiger charge is -2.27. The molecule has 0 heterocycles. The van der Waals surface area contributed by atoms with Gasteiger partial charge in [-0.25, -0.2) is 0 Å². The van der Waals surface area contributed by atoms with Crippen LogP contribution in [0.15, 0.2) is 5.29 Å².